The largest absolute Gasteiger partial charge is 0.493 e. The van der Waals surface area contributed by atoms with Gasteiger partial charge in [-0.15, -0.1) is 0 Å². The van der Waals surface area contributed by atoms with E-state index in [0.29, 0.717) is 47.4 Å². The number of nitrogens with zero attached hydrogens (tertiary/aromatic N) is 4. The van der Waals surface area contributed by atoms with Crippen molar-refractivity contribution in [1.82, 2.24) is 18.7 Å². The van der Waals surface area contributed by atoms with Gasteiger partial charge < -0.3 is 18.7 Å². The summed E-state index contributed by atoms with van der Waals surface area (Å²) in [7, 11) is 0. The number of rotatable bonds is 10. The van der Waals surface area contributed by atoms with Crippen molar-refractivity contribution >= 4 is 59.6 Å². The first-order chi connectivity index (χ1) is 32.2. The summed E-state index contributed by atoms with van der Waals surface area (Å²) in [5.41, 5.74) is 7.28. The molecule has 1 atom stereocenters. The molecule has 22 heteroatoms. The molecule has 1 N–H and O–H groups in total. The monoisotopic (exact) mass is 1080 g/mol. The lowest BCUT2D eigenvalue weighted by atomic mass is 9.96. The minimum absolute atomic E-state index is 0.0704. The molecule has 0 aliphatic carbocycles. The number of alkyl halides is 6. The first-order valence-electron chi connectivity index (χ1n) is 21.6. The number of aromatic nitrogens is 4. The summed E-state index contributed by atoms with van der Waals surface area (Å²) < 4.78 is 94.5. The highest BCUT2D eigenvalue weighted by Gasteiger charge is 2.34. The van der Waals surface area contributed by atoms with Crippen molar-refractivity contribution < 1.29 is 45.0 Å². The van der Waals surface area contributed by atoms with E-state index in [1.165, 1.54) is 20.0 Å². The van der Waals surface area contributed by atoms with E-state index in [9.17, 15) is 41.0 Å². The molecule has 1 unspecified atom stereocenters. The summed E-state index contributed by atoms with van der Waals surface area (Å²) in [6, 6.07) is 26.6. The predicted octanol–water partition coefficient (Wildman–Crippen LogP) is 13.3. The third-order valence-electron chi connectivity index (χ3n) is 11.0. The molecule has 2 aromatic heterocycles. The van der Waals surface area contributed by atoms with Gasteiger partial charge in [0.1, 0.15) is 17.7 Å². The number of aryl methyl sites for hydroxylation is 2. The highest BCUT2D eigenvalue weighted by Crippen LogP contribution is 2.49. The second-order valence-corrected chi connectivity index (χ2v) is 27.1. The molecule has 8 rings (SSSR count). The van der Waals surface area contributed by atoms with Crippen LogP contribution in [0.4, 0.5) is 26.3 Å². The molecule has 0 saturated carbocycles. The molecule has 0 fully saturated rings. The molecule has 69 heavy (non-hydrogen) atoms. The quantitative estimate of drug-likeness (QED) is 0.107. The minimum Gasteiger partial charge on any atom is -0.493 e. The normalized spacial score (nSPS) is 14.6. The lowest BCUT2D eigenvalue weighted by molar-refractivity contribution is -0.153. The summed E-state index contributed by atoms with van der Waals surface area (Å²) in [4.78, 5) is 26.3. The topological polar surface area (TPSA) is 102 Å². The van der Waals surface area contributed by atoms with E-state index < -0.39 is 38.3 Å². The number of halogens is 8. The van der Waals surface area contributed by atoms with Crippen molar-refractivity contribution in [3.8, 4) is 56.3 Å². The van der Waals surface area contributed by atoms with Gasteiger partial charge >= 0.3 is 12.4 Å². The first-order valence-corrected chi connectivity index (χ1v) is 29.0. The highest BCUT2D eigenvalue weighted by atomic mass is 35.5. The van der Waals surface area contributed by atoms with Crippen LogP contribution >= 0.6 is 36.0 Å². The lowest BCUT2D eigenvalue weighted by Gasteiger charge is -2.24. The van der Waals surface area contributed by atoms with Gasteiger partial charge in [0.25, 0.3) is 11.1 Å². The van der Waals surface area contributed by atoms with Crippen LogP contribution < -0.4 is 15.6 Å². The summed E-state index contributed by atoms with van der Waals surface area (Å²) in [6.45, 7) is 4.41. The highest BCUT2D eigenvalue weighted by molar-refractivity contribution is 8.11. The molecular weight excluding hydrogens is 1030 g/mol. The Labute approximate surface area is 415 Å². The Morgan fingerprint density at radius 2 is 0.957 bits per heavy atom. The molecule has 10 nitrogen and oxygen atoms in total. The average Bonchev–Trinajstić information content (AvgIpc) is 3.70. The van der Waals surface area contributed by atoms with Crippen molar-refractivity contribution in [3.63, 3.8) is 0 Å². The Kier molecular flexibility index (Phi) is 17.4. The van der Waals surface area contributed by atoms with Gasteiger partial charge in [-0.25, -0.2) is 9.36 Å². The van der Waals surface area contributed by atoms with Gasteiger partial charge in [-0.05, 0) is 146 Å². The number of hydrogen-bond donors (Lipinski definition) is 1. The molecule has 4 aromatic carbocycles. The van der Waals surface area contributed by atoms with Crippen LogP contribution in [-0.2, 0) is 58.8 Å². The predicted molar refractivity (Wildman–Crippen MR) is 270 cm³/mol. The first kappa shape index (κ1) is 54.2. The van der Waals surface area contributed by atoms with Crippen LogP contribution in [0.25, 0.3) is 44.5 Å². The fourth-order valence-electron chi connectivity index (χ4n) is 7.67. The molecule has 0 spiro atoms. The number of benzene rings is 4. The van der Waals surface area contributed by atoms with Crippen molar-refractivity contribution in [2.75, 3.05) is 33.2 Å². The van der Waals surface area contributed by atoms with Crippen molar-refractivity contribution in [3.05, 3.63) is 127 Å². The van der Waals surface area contributed by atoms with Crippen LogP contribution in [0.3, 0.4) is 0 Å². The fraction of sp³-hybridized carbons (Fsp3) is 0.362. The maximum atomic E-state index is 13.5. The second kappa shape index (κ2) is 22.1. The van der Waals surface area contributed by atoms with Gasteiger partial charge in [-0.1, -0.05) is 83.5 Å². The molecule has 0 bridgehead atoms. The summed E-state index contributed by atoms with van der Waals surface area (Å²) in [5.74, 6) is 0.232. The lowest BCUT2D eigenvalue weighted by Crippen LogP contribution is -2.27. The zero-order valence-electron chi connectivity index (χ0n) is 38.2. The molecule has 6 aromatic rings. The summed E-state index contributed by atoms with van der Waals surface area (Å²) >= 11 is 21.9. The van der Waals surface area contributed by atoms with E-state index in [0.717, 1.165) is 64.6 Å². The molecule has 2 aliphatic rings. The maximum absolute atomic E-state index is 13.5. The molecule has 4 heterocycles. The SMILES string of the molecule is CP(C)(=S)OCC(F)(F)F.Cc1ccc(-c2ccc(Cl)cc2)cc1-c1c(O)n2n(c1=O)CCCC2.Cc1ccc(-c2ccc(Cl)cc2)cc1-c1c(OP(C)(=S)OCC(F)(F)F)n2n(c1=O)CCCC2. The minimum atomic E-state index is -4.53. The molecule has 372 valence electrons. The maximum Gasteiger partial charge on any atom is 0.412 e. The smallest absolute Gasteiger partial charge is 0.412 e. The number of aromatic hydroxyl groups is 1. The van der Waals surface area contributed by atoms with E-state index in [1.807, 2.05) is 86.6 Å². The van der Waals surface area contributed by atoms with Gasteiger partial charge in [0, 0.05) is 42.9 Å². The van der Waals surface area contributed by atoms with Crippen molar-refractivity contribution in [2.45, 2.75) is 78.1 Å². The third-order valence-corrected chi connectivity index (χ3v) is 14.2. The van der Waals surface area contributed by atoms with Crippen LogP contribution in [-0.4, -0.2) is 69.4 Å². The van der Waals surface area contributed by atoms with Gasteiger partial charge in [-0.2, -0.15) is 26.3 Å². The van der Waals surface area contributed by atoms with Gasteiger partial charge in [0.15, 0.2) is 6.61 Å². The standard InChI is InChI=1S/C23H23ClF3N2O3PS.C20H19ClN2O2.C4H8F3OPS/c1-15-5-6-17(16-7-9-18(24)10-8-16)13-19(15)20-21(30)28-11-3-4-12-29(28)22(20)32-33(2,34)31-14-23(25,26)27;1-13-4-5-15(14-6-8-16(21)9-7-14)12-17(13)18-19(24)22-10-2-3-11-23(22)20(18)25;1-9(2,10)8-3-4(5,6)7/h5-10,13H,3-4,11-12,14H2,1-2H3;4-9,12,24H,2-3,10-11H2,1H3;3H2,1-2H3. The Morgan fingerprint density at radius 1 is 0.580 bits per heavy atom. The number of hydrogen-bond acceptors (Lipinski definition) is 8. The van der Waals surface area contributed by atoms with Crippen LogP contribution in [0.1, 0.15) is 36.8 Å². The Morgan fingerprint density at radius 3 is 1.38 bits per heavy atom. The third kappa shape index (κ3) is 14.3. The van der Waals surface area contributed by atoms with E-state index in [1.54, 1.807) is 30.9 Å². The molecule has 2 aliphatic heterocycles. The number of fused-ring (bicyclic) bond motifs is 2. The van der Waals surface area contributed by atoms with Crippen LogP contribution in [0, 0.1) is 13.8 Å². The van der Waals surface area contributed by atoms with Gasteiger partial charge in [0.2, 0.25) is 18.3 Å². The zero-order valence-corrected chi connectivity index (χ0v) is 43.1. The molecule has 0 saturated heterocycles. The van der Waals surface area contributed by atoms with E-state index >= 15 is 0 Å². The van der Waals surface area contributed by atoms with Gasteiger partial charge in [0.05, 0.1) is 6.26 Å². The average molecular weight is 1080 g/mol. The van der Waals surface area contributed by atoms with E-state index in [-0.39, 0.29) is 28.4 Å². The Bertz CT molecular complexity index is 3020. The Hall–Kier alpha value is -4.12. The summed E-state index contributed by atoms with van der Waals surface area (Å²) in [5, 5.41) is 12.0. The Balaban J connectivity index is 0.000000195. The van der Waals surface area contributed by atoms with Crippen LogP contribution in [0.2, 0.25) is 10.0 Å². The summed E-state index contributed by atoms with van der Waals surface area (Å²) in [6.07, 6.45) is -7.37. The molecule has 0 radical (unpaired) electrons. The zero-order chi connectivity index (χ0) is 50.6. The van der Waals surface area contributed by atoms with Crippen molar-refractivity contribution in [2.24, 2.45) is 0 Å². The van der Waals surface area contributed by atoms with Crippen LogP contribution in [0.15, 0.2) is 94.5 Å². The van der Waals surface area contributed by atoms with Crippen molar-refractivity contribution in [1.29, 1.82) is 0 Å². The second-order valence-electron chi connectivity index (χ2n) is 16.9. The molecular formula is C47H50Cl2F6N4O6P2S2. The van der Waals surface area contributed by atoms with E-state index in [4.69, 9.17) is 44.1 Å². The van der Waals surface area contributed by atoms with Gasteiger partial charge in [-0.3, -0.25) is 19.0 Å². The molecule has 0 amide bonds. The van der Waals surface area contributed by atoms with E-state index in [2.05, 4.69) is 16.3 Å². The fourth-order valence-corrected chi connectivity index (χ4v) is 9.84. The van der Waals surface area contributed by atoms with Crippen LogP contribution in [0.5, 0.6) is 11.8 Å².